The van der Waals surface area contributed by atoms with Gasteiger partial charge in [-0.1, -0.05) is 18.2 Å². The topological polar surface area (TPSA) is 59.5 Å². The number of nitrogens with zero attached hydrogens (tertiary/aromatic N) is 5. The van der Waals surface area contributed by atoms with Crippen LogP contribution in [0.4, 0.5) is 0 Å². The van der Waals surface area contributed by atoms with E-state index in [2.05, 4.69) is 50.3 Å². The summed E-state index contributed by atoms with van der Waals surface area (Å²) in [5.41, 5.74) is 4.66. The summed E-state index contributed by atoms with van der Waals surface area (Å²) in [6.45, 7) is 5.10. The molecule has 1 fully saturated rings. The predicted octanol–water partition coefficient (Wildman–Crippen LogP) is 4.07. The lowest BCUT2D eigenvalue weighted by Crippen LogP contribution is -2.34. The lowest BCUT2D eigenvalue weighted by Gasteiger charge is -2.33. The monoisotopic (exact) mass is 373 g/mol. The van der Waals surface area contributed by atoms with Crippen molar-refractivity contribution in [1.29, 1.82) is 0 Å². The molecule has 1 atom stereocenters. The van der Waals surface area contributed by atoms with Crippen molar-refractivity contribution in [2.24, 2.45) is 0 Å². The highest BCUT2D eigenvalue weighted by Gasteiger charge is 2.24. The number of likely N-dealkylation sites (tertiary alicyclic amines) is 1. The summed E-state index contributed by atoms with van der Waals surface area (Å²) < 4.78 is 7.45. The van der Waals surface area contributed by atoms with Gasteiger partial charge in [0.15, 0.2) is 0 Å². The maximum atomic E-state index is 5.55. The summed E-state index contributed by atoms with van der Waals surface area (Å²) in [5.74, 6) is 2.05. The van der Waals surface area contributed by atoms with Crippen molar-refractivity contribution in [1.82, 2.24) is 24.5 Å². The highest BCUT2D eigenvalue weighted by atomic mass is 16.3. The van der Waals surface area contributed by atoms with Gasteiger partial charge in [-0.3, -0.25) is 4.90 Å². The predicted molar refractivity (Wildman–Crippen MR) is 107 cm³/mol. The molecule has 5 rings (SSSR count). The van der Waals surface area contributed by atoms with Crippen LogP contribution < -0.4 is 0 Å². The number of aryl methyl sites for hydroxylation is 1. The number of hydrogen-bond donors (Lipinski definition) is 0. The van der Waals surface area contributed by atoms with Crippen LogP contribution in [0.15, 0.2) is 59.5 Å². The standard InChI is InChI=1S/C22H23N5O/c1-16-11-20(27-22(25-16)23-15-24-27)19-7-3-9-26(14-19)13-17-5-2-6-18(12-17)21-8-4-10-28-21/h2,4-6,8,10-12,15,19H,3,7,9,13-14H2,1H3. The van der Waals surface area contributed by atoms with Gasteiger partial charge in [0.05, 0.1) is 12.0 Å². The molecule has 0 bridgehead atoms. The van der Waals surface area contributed by atoms with E-state index < -0.39 is 0 Å². The van der Waals surface area contributed by atoms with Crippen LogP contribution in [-0.4, -0.2) is 37.6 Å². The van der Waals surface area contributed by atoms with E-state index in [1.165, 1.54) is 24.1 Å². The van der Waals surface area contributed by atoms with E-state index >= 15 is 0 Å². The maximum absolute atomic E-state index is 5.55. The quantitative estimate of drug-likeness (QED) is 0.540. The SMILES string of the molecule is Cc1cc(C2CCCN(Cc3cccc(-c4ccco4)c3)C2)n2ncnc2n1. The third kappa shape index (κ3) is 3.31. The summed E-state index contributed by atoms with van der Waals surface area (Å²) in [4.78, 5) is 11.3. The van der Waals surface area contributed by atoms with Gasteiger partial charge in [-0.2, -0.15) is 10.1 Å². The Balaban J connectivity index is 1.36. The van der Waals surface area contributed by atoms with E-state index in [0.717, 1.165) is 36.7 Å². The van der Waals surface area contributed by atoms with Crippen LogP contribution in [0.3, 0.4) is 0 Å². The Morgan fingerprint density at radius 3 is 3.04 bits per heavy atom. The number of benzene rings is 1. The zero-order chi connectivity index (χ0) is 18.9. The van der Waals surface area contributed by atoms with Crippen molar-refractivity contribution in [3.8, 4) is 11.3 Å². The van der Waals surface area contributed by atoms with Crippen LogP contribution in [0, 0.1) is 6.92 Å². The Labute approximate surface area is 163 Å². The molecular weight excluding hydrogens is 350 g/mol. The van der Waals surface area contributed by atoms with Gasteiger partial charge < -0.3 is 4.42 Å². The highest BCUT2D eigenvalue weighted by molar-refractivity contribution is 5.58. The van der Waals surface area contributed by atoms with Crippen molar-refractivity contribution in [2.45, 2.75) is 32.2 Å². The molecule has 28 heavy (non-hydrogen) atoms. The largest absolute Gasteiger partial charge is 0.464 e. The van der Waals surface area contributed by atoms with Crippen molar-refractivity contribution < 1.29 is 4.42 Å². The minimum Gasteiger partial charge on any atom is -0.464 e. The van der Waals surface area contributed by atoms with Crippen LogP contribution in [0.2, 0.25) is 0 Å². The molecule has 3 aromatic heterocycles. The first-order valence-corrected chi connectivity index (χ1v) is 9.79. The fourth-order valence-electron chi connectivity index (χ4n) is 4.21. The number of hydrogen-bond acceptors (Lipinski definition) is 5. The fourth-order valence-corrected chi connectivity index (χ4v) is 4.21. The van der Waals surface area contributed by atoms with Crippen LogP contribution in [0.1, 0.15) is 35.7 Å². The molecule has 0 aliphatic carbocycles. The summed E-state index contributed by atoms with van der Waals surface area (Å²) in [7, 11) is 0. The van der Waals surface area contributed by atoms with Crippen molar-refractivity contribution in [3.63, 3.8) is 0 Å². The first kappa shape index (κ1) is 17.1. The third-order valence-electron chi connectivity index (χ3n) is 5.47. The normalized spacial score (nSPS) is 18.0. The van der Waals surface area contributed by atoms with Crippen molar-refractivity contribution >= 4 is 5.78 Å². The average Bonchev–Trinajstić information content (AvgIpc) is 3.40. The lowest BCUT2D eigenvalue weighted by molar-refractivity contribution is 0.197. The lowest BCUT2D eigenvalue weighted by atomic mass is 9.93. The second kappa shape index (κ2) is 7.20. The smallest absolute Gasteiger partial charge is 0.252 e. The summed E-state index contributed by atoms with van der Waals surface area (Å²) in [6, 6.07) is 14.7. The molecule has 6 nitrogen and oxygen atoms in total. The van der Waals surface area contributed by atoms with Gasteiger partial charge in [0.25, 0.3) is 5.78 Å². The Morgan fingerprint density at radius 1 is 1.18 bits per heavy atom. The molecule has 1 aliphatic heterocycles. The fraction of sp³-hybridized carbons (Fsp3) is 0.318. The van der Waals surface area contributed by atoms with Gasteiger partial charge in [0.1, 0.15) is 12.1 Å². The molecule has 1 saturated heterocycles. The van der Waals surface area contributed by atoms with Gasteiger partial charge in [-0.15, -0.1) is 0 Å². The second-order valence-corrected chi connectivity index (χ2v) is 7.55. The van der Waals surface area contributed by atoms with Gasteiger partial charge in [-0.25, -0.2) is 9.50 Å². The van der Waals surface area contributed by atoms with Gasteiger partial charge in [0, 0.05) is 30.3 Å². The molecule has 0 saturated carbocycles. The number of aromatic nitrogens is 4. The molecule has 1 aliphatic rings. The van der Waals surface area contributed by atoms with E-state index in [-0.39, 0.29) is 0 Å². The van der Waals surface area contributed by atoms with Crippen LogP contribution in [-0.2, 0) is 6.54 Å². The average molecular weight is 373 g/mol. The first-order chi connectivity index (χ1) is 13.8. The van der Waals surface area contributed by atoms with Crippen LogP contribution in [0.25, 0.3) is 17.1 Å². The summed E-state index contributed by atoms with van der Waals surface area (Å²) in [6.07, 6.45) is 5.66. The summed E-state index contributed by atoms with van der Waals surface area (Å²) >= 11 is 0. The molecule has 1 unspecified atom stereocenters. The number of fused-ring (bicyclic) bond motifs is 1. The number of rotatable bonds is 4. The Bertz CT molecular complexity index is 1090. The molecule has 0 amide bonds. The zero-order valence-corrected chi connectivity index (χ0v) is 16.0. The molecule has 1 aromatic carbocycles. The molecule has 0 spiro atoms. The van der Waals surface area contributed by atoms with Gasteiger partial charge in [0.2, 0.25) is 0 Å². The first-order valence-electron chi connectivity index (χ1n) is 9.79. The van der Waals surface area contributed by atoms with E-state index in [0.29, 0.717) is 11.7 Å². The second-order valence-electron chi connectivity index (χ2n) is 7.55. The molecule has 6 heteroatoms. The van der Waals surface area contributed by atoms with Gasteiger partial charge >= 0.3 is 0 Å². The molecule has 0 radical (unpaired) electrons. The Morgan fingerprint density at radius 2 is 2.14 bits per heavy atom. The summed E-state index contributed by atoms with van der Waals surface area (Å²) in [5, 5.41) is 4.40. The molecule has 4 aromatic rings. The van der Waals surface area contributed by atoms with E-state index in [1.807, 2.05) is 23.6 Å². The Hall–Kier alpha value is -2.99. The Kier molecular flexibility index (Phi) is 4.41. The number of furan rings is 1. The minimum atomic E-state index is 0.438. The van der Waals surface area contributed by atoms with Crippen molar-refractivity contribution in [3.05, 3.63) is 72.0 Å². The third-order valence-corrected chi connectivity index (χ3v) is 5.47. The molecule has 142 valence electrons. The molecular formula is C22H23N5O. The minimum absolute atomic E-state index is 0.438. The highest BCUT2D eigenvalue weighted by Crippen LogP contribution is 2.29. The number of piperidine rings is 1. The van der Waals surface area contributed by atoms with Crippen LogP contribution >= 0.6 is 0 Å². The molecule has 0 N–H and O–H groups in total. The maximum Gasteiger partial charge on any atom is 0.252 e. The van der Waals surface area contributed by atoms with Crippen LogP contribution in [0.5, 0.6) is 0 Å². The zero-order valence-electron chi connectivity index (χ0n) is 16.0. The van der Waals surface area contributed by atoms with E-state index in [4.69, 9.17) is 4.42 Å². The van der Waals surface area contributed by atoms with Crippen molar-refractivity contribution in [2.75, 3.05) is 13.1 Å². The van der Waals surface area contributed by atoms with E-state index in [9.17, 15) is 0 Å². The molecule has 4 heterocycles. The van der Waals surface area contributed by atoms with E-state index in [1.54, 1.807) is 12.6 Å². The van der Waals surface area contributed by atoms with Gasteiger partial charge in [-0.05, 0) is 56.1 Å².